The van der Waals surface area contributed by atoms with Crippen LogP contribution >= 0.6 is 0 Å². The largest absolute Gasteiger partial charge is 0.414 e. The average molecular weight is 489 g/mol. The highest BCUT2D eigenvalue weighted by atomic mass is 28.4. The third-order valence-electron chi connectivity index (χ3n) is 12.0. The van der Waals surface area contributed by atoms with Gasteiger partial charge in [-0.1, -0.05) is 46.3 Å². The Morgan fingerprint density at radius 3 is 2.24 bits per heavy atom. The van der Waals surface area contributed by atoms with Crippen LogP contribution in [0.2, 0.25) is 18.1 Å². The first kappa shape index (κ1) is 25.5. The molecule has 0 N–H and O–H groups in total. The molecule has 0 aromatic carbocycles. The SMILES string of the molecule is C/C=C1/CCC2C3C(CC[C@]12C)[C@@]1(C)CC[C@@H](O[Si](C)(C)C(C)(C)C)CC1[C@H]1OC(C)(C)O[C@H]31. The maximum absolute atomic E-state index is 7.02. The number of rotatable bonds is 2. The lowest BCUT2D eigenvalue weighted by atomic mass is 9.43. The Hall–Kier alpha value is -0.163. The van der Waals surface area contributed by atoms with Gasteiger partial charge in [0.15, 0.2) is 14.1 Å². The molecule has 1 saturated heterocycles. The van der Waals surface area contributed by atoms with Gasteiger partial charge in [-0.15, -0.1) is 0 Å². The van der Waals surface area contributed by atoms with Crippen LogP contribution in [0.15, 0.2) is 11.6 Å². The molecule has 1 aliphatic heterocycles. The quantitative estimate of drug-likeness (QED) is 0.290. The number of allylic oxidation sites excluding steroid dienone is 2. The van der Waals surface area contributed by atoms with Crippen molar-refractivity contribution in [3.63, 3.8) is 0 Å². The Balaban J connectivity index is 1.48. The zero-order valence-corrected chi connectivity index (χ0v) is 24.8. The molecule has 5 rings (SSSR count). The molecule has 4 saturated carbocycles. The standard InChI is InChI=1S/C30H52O3Si/c1-11-19-12-13-21-24-22(15-17-29(19,21)7)30(8)16-14-20(33-34(9,10)27(2,3)4)18-23(30)25-26(24)32-28(5,6)31-25/h11,20-26H,12-18H2,1-10H3/b19-11-/t20-,21?,22?,23?,24?,25-,26-,29-,30-/m1/s1. The van der Waals surface area contributed by atoms with E-state index in [1.165, 1.54) is 38.5 Å². The van der Waals surface area contributed by atoms with Crippen molar-refractivity contribution in [3.8, 4) is 0 Å². The number of ether oxygens (including phenoxy) is 2. The minimum Gasteiger partial charge on any atom is -0.414 e. The Bertz CT molecular complexity index is 840. The Morgan fingerprint density at radius 2 is 1.59 bits per heavy atom. The Kier molecular flexibility index (Phi) is 5.93. The van der Waals surface area contributed by atoms with E-state index >= 15 is 0 Å². The van der Waals surface area contributed by atoms with Crippen molar-refractivity contribution in [2.24, 2.45) is 34.5 Å². The van der Waals surface area contributed by atoms with Crippen molar-refractivity contribution >= 4 is 8.32 Å². The van der Waals surface area contributed by atoms with Gasteiger partial charge in [0.1, 0.15) is 0 Å². The molecule has 0 aromatic rings. The highest BCUT2D eigenvalue weighted by Crippen LogP contribution is 2.69. The summed E-state index contributed by atoms with van der Waals surface area (Å²) >= 11 is 0. The van der Waals surface area contributed by atoms with Gasteiger partial charge in [0.05, 0.1) is 12.2 Å². The molecule has 4 aliphatic carbocycles. The molecule has 34 heavy (non-hydrogen) atoms. The average Bonchev–Trinajstić information content (AvgIpc) is 3.22. The van der Waals surface area contributed by atoms with E-state index in [9.17, 15) is 0 Å². The Labute approximate surface area is 210 Å². The molecule has 1 heterocycles. The third-order valence-corrected chi connectivity index (χ3v) is 16.5. The molecule has 0 amide bonds. The van der Waals surface area contributed by atoms with Crippen LogP contribution in [0.25, 0.3) is 0 Å². The molecule has 4 heteroatoms. The second-order valence-electron chi connectivity index (χ2n) is 15.1. The minimum atomic E-state index is -1.79. The molecule has 5 aliphatic rings. The molecular weight excluding hydrogens is 436 g/mol. The van der Waals surface area contributed by atoms with Crippen molar-refractivity contribution in [2.45, 2.75) is 143 Å². The second kappa shape index (κ2) is 7.92. The zero-order valence-electron chi connectivity index (χ0n) is 23.8. The normalized spacial score (nSPS) is 49.4. The van der Waals surface area contributed by atoms with E-state index in [0.717, 1.165) is 18.3 Å². The monoisotopic (exact) mass is 488 g/mol. The lowest BCUT2D eigenvalue weighted by Crippen LogP contribution is -2.63. The van der Waals surface area contributed by atoms with Crippen LogP contribution in [0.1, 0.15) is 100 Å². The predicted octanol–water partition coefficient (Wildman–Crippen LogP) is 8.11. The van der Waals surface area contributed by atoms with E-state index in [-0.39, 0.29) is 17.2 Å². The Morgan fingerprint density at radius 1 is 0.912 bits per heavy atom. The van der Waals surface area contributed by atoms with E-state index in [1.54, 1.807) is 5.57 Å². The van der Waals surface area contributed by atoms with Crippen molar-refractivity contribution < 1.29 is 13.9 Å². The topological polar surface area (TPSA) is 27.7 Å². The number of hydrogen-bond donors (Lipinski definition) is 0. The van der Waals surface area contributed by atoms with Crippen molar-refractivity contribution in [1.82, 2.24) is 0 Å². The molecule has 194 valence electrons. The highest BCUT2D eigenvalue weighted by Gasteiger charge is 2.68. The second-order valence-corrected chi connectivity index (χ2v) is 19.8. The van der Waals surface area contributed by atoms with Crippen molar-refractivity contribution in [1.29, 1.82) is 0 Å². The molecule has 4 unspecified atom stereocenters. The van der Waals surface area contributed by atoms with Gasteiger partial charge < -0.3 is 13.9 Å². The summed E-state index contributed by atoms with van der Waals surface area (Å²) in [5.74, 6) is 2.17. The van der Waals surface area contributed by atoms with Gasteiger partial charge in [-0.2, -0.15) is 0 Å². The van der Waals surface area contributed by atoms with E-state index in [0.29, 0.717) is 28.8 Å². The first-order valence-corrected chi connectivity index (χ1v) is 17.2. The minimum absolute atomic E-state index is 0.212. The van der Waals surface area contributed by atoms with Crippen LogP contribution in [0.3, 0.4) is 0 Å². The molecule has 0 aromatic heterocycles. The molecule has 0 bridgehead atoms. The van der Waals surface area contributed by atoms with Gasteiger partial charge >= 0.3 is 0 Å². The molecule has 0 radical (unpaired) electrons. The van der Waals surface area contributed by atoms with Gasteiger partial charge in [-0.25, -0.2) is 0 Å². The summed E-state index contributed by atoms with van der Waals surface area (Å²) in [6.45, 7) is 23.7. The number of hydrogen-bond acceptors (Lipinski definition) is 3. The lowest BCUT2D eigenvalue weighted by molar-refractivity contribution is -0.181. The van der Waals surface area contributed by atoms with Gasteiger partial charge in [-0.05, 0) is 118 Å². The maximum atomic E-state index is 7.02. The molecule has 0 spiro atoms. The van der Waals surface area contributed by atoms with Crippen LogP contribution in [0.4, 0.5) is 0 Å². The summed E-state index contributed by atoms with van der Waals surface area (Å²) in [4.78, 5) is 0. The van der Waals surface area contributed by atoms with Crippen molar-refractivity contribution in [2.75, 3.05) is 0 Å². The molecule has 5 fully saturated rings. The molecule has 9 atom stereocenters. The van der Waals surface area contributed by atoms with Crippen LogP contribution < -0.4 is 0 Å². The summed E-state index contributed by atoms with van der Waals surface area (Å²) in [5, 5.41) is 0.254. The summed E-state index contributed by atoms with van der Waals surface area (Å²) in [6.07, 6.45) is 12.2. The van der Waals surface area contributed by atoms with E-state index < -0.39 is 14.1 Å². The van der Waals surface area contributed by atoms with E-state index in [2.05, 4.69) is 74.6 Å². The third kappa shape index (κ3) is 3.67. The molecular formula is C30H52O3Si. The van der Waals surface area contributed by atoms with Crippen LogP contribution in [-0.2, 0) is 13.9 Å². The van der Waals surface area contributed by atoms with Gasteiger partial charge in [-0.3, -0.25) is 0 Å². The maximum Gasteiger partial charge on any atom is 0.192 e. The summed E-state index contributed by atoms with van der Waals surface area (Å²) < 4.78 is 20.7. The summed E-state index contributed by atoms with van der Waals surface area (Å²) in [6, 6.07) is 0. The van der Waals surface area contributed by atoms with Gasteiger partial charge in [0, 0.05) is 6.10 Å². The van der Waals surface area contributed by atoms with Gasteiger partial charge in [0.2, 0.25) is 0 Å². The zero-order chi connectivity index (χ0) is 24.9. The smallest absolute Gasteiger partial charge is 0.192 e. The molecule has 3 nitrogen and oxygen atoms in total. The lowest BCUT2D eigenvalue weighted by Gasteiger charge is -2.63. The number of fused-ring (bicyclic) bond motifs is 8. The van der Waals surface area contributed by atoms with Crippen LogP contribution in [-0.4, -0.2) is 32.4 Å². The first-order chi connectivity index (χ1) is 15.6. The summed E-state index contributed by atoms with van der Waals surface area (Å²) in [5.41, 5.74) is 2.41. The van der Waals surface area contributed by atoms with E-state index in [4.69, 9.17) is 13.9 Å². The van der Waals surface area contributed by atoms with Crippen LogP contribution in [0.5, 0.6) is 0 Å². The van der Waals surface area contributed by atoms with Gasteiger partial charge in [0.25, 0.3) is 0 Å². The van der Waals surface area contributed by atoms with E-state index in [1.807, 2.05) is 0 Å². The fourth-order valence-electron chi connectivity index (χ4n) is 9.17. The van der Waals surface area contributed by atoms with Crippen molar-refractivity contribution in [3.05, 3.63) is 11.6 Å². The summed E-state index contributed by atoms with van der Waals surface area (Å²) in [7, 11) is -1.79. The first-order valence-electron chi connectivity index (χ1n) is 14.3. The fraction of sp³-hybridized carbons (Fsp3) is 0.933. The highest BCUT2D eigenvalue weighted by molar-refractivity contribution is 6.74. The van der Waals surface area contributed by atoms with Crippen LogP contribution in [0, 0.1) is 34.5 Å². The predicted molar refractivity (Wildman–Crippen MR) is 142 cm³/mol. The fourth-order valence-corrected chi connectivity index (χ4v) is 10.6.